The van der Waals surface area contributed by atoms with Crippen LogP contribution in [0.4, 0.5) is 11.5 Å². The first-order valence-corrected chi connectivity index (χ1v) is 10.2. The largest absolute Gasteiger partial charge is 0.464 e. The van der Waals surface area contributed by atoms with E-state index >= 15 is 0 Å². The van der Waals surface area contributed by atoms with Gasteiger partial charge in [-0.2, -0.15) is 0 Å². The second kappa shape index (κ2) is 9.21. The van der Waals surface area contributed by atoms with Gasteiger partial charge in [-0.05, 0) is 49.8 Å². The Morgan fingerprint density at radius 2 is 2.00 bits per heavy atom. The zero-order valence-electron chi connectivity index (χ0n) is 16.4. The lowest BCUT2D eigenvalue weighted by molar-refractivity contribution is 0.0944. The van der Waals surface area contributed by atoms with Gasteiger partial charge in [-0.1, -0.05) is 29.8 Å². The number of nitrogens with zero attached hydrogens (tertiary/aromatic N) is 2. The standard InChI is InChI=1S/C21H25BrN4O2/c1-4-26(5-2)10-9-23-21(27)18-13-19-16(8-11-28-19)20(25-18)24-15-6-7-17(22)14(3)12-15/h6-8,11-13H,4-5,9-10H2,1-3H3,(H,23,27)(H,24,25). The van der Waals surface area contributed by atoms with Crippen LogP contribution in [-0.2, 0) is 0 Å². The minimum absolute atomic E-state index is 0.208. The monoisotopic (exact) mass is 444 g/mol. The molecule has 2 N–H and O–H groups in total. The normalized spacial score (nSPS) is 11.2. The third kappa shape index (κ3) is 4.72. The van der Waals surface area contributed by atoms with Crippen LogP contribution in [0.25, 0.3) is 11.0 Å². The summed E-state index contributed by atoms with van der Waals surface area (Å²) in [5, 5.41) is 7.09. The molecule has 2 heterocycles. The van der Waals surface area contributed by atoms with Crippen molar-refractivity contribution in [3.8, 4) is 0 Å². The van der Waals surface area contributed by atoms with Crippen LogP contribution in [0.15, 0.2) is 45.5 Å². The predicted octanol–water partition coefficient (Wildman–Crippen LogP) is 4.71. The Hall–Kier alpha value is -2.38. The number of halogens is 1. The molecule has 28 heavy (non-hydrogen) atoms. The Morgan fingerprint density at radius 1 is 1.21 bits per heavy atom. The molecule has 3 aromatic rings. The summed E-state index contributed by atoms with van der Waals surface area (Å²) < 4.78 is 6.57. The first-order valence-electron chi connectivity index (χ1n) is 9.43. The molecule has 1 amide bonds. The summed E-state index contributed by atoms with van der Waals surface area (Å²) in [5.41, 5.74) is 2.96. The third-order valence-corrected chi connectivity index (χ3v) is 5.60. The molecule has 0 fully saturated rings. The fourth-order valence-electron chi connectivity index (χ4n) is 2.99. The van der Waals surface area contributed by atoms with E-state index in [2.05, 4.69) is 50.3 Å². The van der Waals surface area contributed by atoms with Crippen LogP contribution in [0.3, 0.4) is 0 Å². The number of amides is 1. The van der Waals surface area contributed by atoms with Crippen molar-refractivity contribution in [2.75, 3.05) is 31.5 Å². The highest BCUT2D eigenvalue weighted by Crippen LogP contribution is 2.28. The Morgan fingerprint density at radius 3 is 2.71 bits per heavy atom. The van der Waals surface area contributed by atoms with Gasteiger partial charge >= 0.3 is 0 Å². The highest BCUT2D eigenvalue weighted by atomic mass is 79.9. The summed E-state index contributed by atoms with van der Waals surface area (Å²) in [7, 11) is 0. The lowest BCUT2D eigenvalue weighted by atomic mass is 10.2. The van der Waals surface area contributed by atoms with Gasteiger partial charge < -0.3 is 20.0 Å². The molecule has 0 radical (unpaired) electrons. The molecule has 3 rings (SSSR count). The number of hydrogen-bond donors (Lipinski definition) is 2. The Labute approximate surface area is 173 Å². The maximum absolute atomic E-state index is 12.6. The lowest BCUT2D eigenvalue weighted by Gasteiger charge is -2.18. The van der Waals surface area contributed by atoms with Gasteiger partial charge in [0.25, 0.3) is 5.91 Å². The molecule has 0 bridgehead atoms. The zero-order valence-corrected chi connectivity index (χ0v) is 18.0. The van der Waals surface area contributed by atoms with Gasteiger partial charge in [-0.15, -0.1) is 0 Å². The summed E-state index contributed by atoms with van der Waals surface area (Å²) in [6.45, 7) is 9.56. The molecule has 0 saturated carbocycles. The van der Waals surface area contributed by atoms with Crippen molar-refractivity contribution in [3.63, 3.8) is 0 Å². The van der Waals surface area contributed by atoms with Crippen molar-refractivity contribution in [2.24, 2.45) is 0 Å². The first-order chi connectivity index (χ1) is 13.5. The van der Waals surface area contributed by atoms with Gasteiger partial charge in [-0.25, -0.2) is 4.98 Å². The number of hydrogen-bond acceptors (Lipinski definition) is 5. The van der Waals surface area contributed by atoms with Crippen molar-refractivity contribution in [3.05, 3.63) is 52.3 Å². The van der Waals surface area contributed by atoms with Crippen LogP contribution in [-0.4, -0.2) is 42.0 Å². The van der Waals surface area contributed by atoms with Gasteiger partial charge in [0.1, 0.15) is 17.1 Å². The van der Waals surface area contributed by atoms with E-state index in [0.717, 1.165) is 40.7 Å². The van der Waals surface area contributed by atoms with Crippen molar-refractivity contribution >= 4 is 44.3 Å². The Kier molecular flexibility index (Phi) is 6.70. The molecule has 7 heteroatoms. The van der Waals surface area contributed by atoms with E-state index in [1.807, 2.05) is 31.2 Å². The van der Waals surface area contributed by atoms with Crippen LogP contribution in [0.5, 0.6) is 0 Å². The Bertz CT molecular complexity index is 966. The predicted molar refractivity (Wildman–Crippen MR) is 116 cm³/mol. The van der Waals surface area contributed by atoms with E-state index in [0.29, 0.717) is 23.6 Å². The number of anilines is 2. The maximum Gasteiger partial charge on any atom is 0.270 e. The molecule has 0 aliphatic carbocycles. The summed E-state index contributed by atoms with van der Waals surface area (Å²) in [6, 6.07) is 9.49. The second-order valence-corrected chi connectivity index (χ2v) is 7.41. The fourth-order valence-corrected chi connectivity index (χ4v) is 3.24. The minimum atomic E-state index is -0.208. The molecule has 148 valence electrons. The summed E-state index contributed by atoms with van der Waals surface area (Å²) in [5.74, 6) is 0.391. The lowest BCUT2D eigenvalue weighted by Crippen LogP contribution is -2.35. The van der Waals surface area contributed by atoms with Crippen molar-refractivity contribution in [1.29, 1.82) is 0 Å². The summed E-state index contributed by atoms with van der Waals surface area (Å²) in [6.07, 6.45) is 1.60. The number of aromatic nitrogens is 1. The number of rotatable bonds is 8. The molecule has 6 nitrogen and oxygen atoms in total. The molecule has 0 atom stereocenters. The van der Waals surface area contributed by atoms with Gasteiger partial charge in [0.15, 0.2) is 0 Å². The van der Waals surface area contributed by atoms with Crippen LogP contribution in [0.1, 0.15) is 29.9 Å². The number of carbonyl (C=O) groups excluding carboxylic acids is 1. The molecule has 0 spiro atoms. The van der Waals surface area contributed by atoms with Gasteiger partial charge in [0, 0.05) is 29.3 Å². The number of furan rings is 1. The van der Waals surface area contributed by atoms with E-state index in [-0.39, 0.29) is 5.91 Å². The minimum Gasteiger partial charge on any atom is -0.464 e. The van der Waals surface area contributed by atoms with Crippen molar-refractivity contribution in [1.82, 2.24) is 15.2 Å². The molecule has 1 aromatic carbocycles. The number of nitrogens with one attached hydrogen (secondary N) is 2. The number of aryl methyl sites for hydroxylation is 1. The van der Waals surface area contributed by atoms with E-state index < -0.39 is 0 Å². The second-order valence-electron chi connectivity index (χ2n) is 6.56. The quantitative estimate of drug-likeness (QED) is 0.526. The molecule has 0 unspecified atom stereocenters. The number of benzene rings is 1. The average Bonchev–Trinajstić information content (AvgIpc) is 3.17. The topological polar surface area (TPSA) is 70.4 Å². The van der Waals surface area contributed by atoms with Gasteiger partial charge in [0.05, 0.1) is 11.6 Å². The first kappa shape index (κ1) is 20.4. The van der Waals surface area contributed by atoms with Crippen LogP contribution in [0, 0.1) is 6.92 Å². The number of likely N-dealkylation sites (N-methyl/N-ethyl adjacent to an activating group) is 1. The molecule has 0 aliphatic heterocycles. The summed E-state index contributed by atoms with van der Waals surface area (Å²) in [4.78, 5) is 19.4. The van der Waals surface area contributed by atoms with Crippen LogP contribution in [0.2, 0.25) is 0 Å². The van der Waals surface area contributed by atoms with Crippen molar-refractivity contribution in [2.45, 2.75) is 20.8 Å². The average molecular weight is 445 g/mol. The zero-order chi connectivity index (χ0) is 20.1. The molecule has 0 saturated heterocycles. The highest BCUT2D eigenvalue weighted by molar-refractivity contribution is 9.10. The SMILES string of the molecule is CCN(CC)CCNC(=O)c1cc2occc2c(Nc2ccc(Br)c(C)c2)n1. The number of pyridine rings is 1. The maximum atomic E-state index is 12.6. The van der Waals surface area contributed by atoms with E-state index in [9.17, 15) is 4.79 Å². The molecular weight excluding hydrogens is 420 g/mol. The van der Waals surface area contributed by atoms with Crippen molar-refractivity contribution < 1.29 is 9.21 Å². The van der Waals surface area contributed by atoms with E-state index in [1.165, 1.54) is 0 Å². The van der Waals surface area contributed by atoms with Gasteiger partial charge in [-0.3, -0.25) is 4.79 Å². The van der Waals surface area contributed by atoms with E-state index in [4.69, 9.17) is 4.42 Å². The third-order valence-electron chi connectivity index (χ3n) is 4.71. The molecular formula is C21H25BrN4O2. The van der Waals surface area contributed by atoms with Crippen LogP contribution >= 0.6 is 15.9 Å². The van der Waals surface area contributed by atoms with Crippen LogP contribution < -0.4 is 10.6 Å². The summed E-state index contributed by atoms with van der Waals surface area (Å²) >= 11 is 3.51. The number of fused-ring (bicyclic) bond motifs is 1. The smallest absolute Gasteiger partial charge is 0.270 e. The highest BCUT2D eigenvalue weighted by Gasteiger charge is 2.14. The Balaban J connectivity index is 1.80. The van der Waals surface area contributed by atoms with Gasteiger partial charge in [0.2, 0.25) is 0 Å². The molecule has 0 aliphatic rings. The fraction of sp³-hybridized carbons (Fsp3) is 0.333. The number of carbonyl (C=O) groups is 1. The molecule has 2 aromatic heterocycles. The van der Waals surface area contributed by atoms with E-state index in [1.54, 1.807) is 12.3 Å².